The van der Waals surface area contributed by atoms with Gasteiger partial charge < -0.3 is 27.6 Å². The first-order valence-corrected chi connectivity index (χ1v) is 8.23. The first kappa shape index (κ1) is 16.4. The number of rotatable bonds is 6. The minimum atomic E-state index is -0.639. The fourth-order valence-electron chi connectivity index (χ4n) is 0.529. The van der Waals surface area contributed by atoms with Crippen LogP contribution >= 0.6 is 18.1 Å². The van der Waals surface area contributed by atoms with E-state index in [-0.39, 0.29) is 0 Å². The number of methoxy groups -OCH3 is 1. The molecule has 0 amide bonds. The monoisotopic (exact) mass is 237 g/mol. The third-order valence-electron chi connectivity index (χ3n) is 0.963. The van der Waals surface area contributed by atoms with Crippen molar-refractivity contribution in [1.82, 2.24) is 0 Å². The molecule has 0 heterocycles. The van der Waals surface area contributed by atoms with E-state index in [0.717, 1.165) is 19.4 Å². The van der Waals surface area contributed by atoms with Crippen LogP contribution in [-0.4, -0.2) is 38.7 Å². The molecule has 0 saturated carbocycles. The first-order valence-electron chi connectivity index (χ1n) is 3.96. The van der Waals surface area contributed by atoms with Crippen LogP contribution in [-0.2, 0) is 9.47 Å². The molecule has 0 saturated heterocycles. The normalized spacial score (nSPS) is 9.23. The molecule has 0 atom stereocenters. The van der Waals surface area contributed by atoms with Gasteiger partial charge in [-0.05, 0) is 19.8 Å². The summed E-state index contributed by atoms with van der Waals surface area (Å²) in [5, 5.41) is 0. The average Bonchev–Trinajstić information content (AvgIpc) is 2.13. The molecule has 0 aromatic carbocycles. The quantitative estimate of drug-likeness (QED) is 0.307. The number of hydrogen-bond acceptors (Lipinski definition) is 2. The molecule has 0 aliphatic carbocycles. The van der Waals surface area contributed by atoms with Gasteiger partial charge in [-0.15, -0.1) is 0 Å². The van der Waals surface area contributed by atoms with Gasteiger partial charge in [0.25, 0.3) is 0 Å². The van der Waals surface area contributed by atoms with E-state index in [1.807, 2.05) is 6.08 Å². The topological polar surface area (TPSA) is 18.5 Å². The fraction of sp³-hybridized carbons (Fsp3) is 0.625. The largest absolute Gasteiger partial charge is 0.618 e. The highest BCUT2D eigenvalue weighted by molar-refractivity contribution is 7.22. The Kier molecular flexibility index (Phi) is 23.7. The minimum absolute atomic E-state index is 0.387. The summed E-state index contributed by atoms with van der Waals surface area (Å²) >= 11 is -0.639. The highest BCUT2D eigenvalue weighted by Crippen LogP contribution is 1.87. The van der Waals surface area contributed by atoms with Gasteiger partial charge in [0.2, 0.25) is 0 Å². The number of halogens is 2. The second-order valence-corrected chi connectivity index (χ2v) is 4.59. The third-order valence-corrected chi connectivity index (χ3v) is 0.963. The van der Waals surface area contributed by atoms with Crippen molar-refractivity contribution in [2.75, 3.05) is 20.5 Å². The summed E-state index contributed by atoms with van der Waals surface area (Å²) < 4.78 is 9.73. The minimum Gasteiger partial charge on any atom is -0.359 e. The Morgan fingerprint density at radius 3 is 2.46 bits per heavy atom. The van der Waals surface area contributed by atoms with E-state index in [4.69, 9.17) is 22.9 Å². The molecule has 1 radical (unpaired) electrons. The molecule has 0 aromatic heterocycles. The van der Waals surface area contributed by atoms with Crippen molar-refractivity contribution in [2.24, 2.45) is 0 Å². The number of allylic oxidation sites excluding steroid dienone is 1. The lowest BCUT2D eigenvalue weighted by atomic mass is 10.3. The van der Waals surface area contributed by atoms with Crippen molar-refractivity contribution in [2.45, 2.75) is 12.8 Å². The van der Waals surface area contributed by atoms with Gasteiger partial charge in [-0.3, -0.25) is 0 Å². The van der Waals surface area contributed by atoms with E-state index >= 15 is 0 Å². The molecule has 0 fully saturated rings. The molecule has 0 aliphatic heterocycles. The summed E-state index contributed by atoms with van der Waals surface area (Å²) in [6, 6.07) is 0. The molecule has 0 rings (SSSR count). The van der Waals surface area contributed by atoms with Crippen LogP contribution in [0.5, 0.6) is 0 Å². The van der Waals surface area contributed by atoms with Gasteiger partial charge in [0.05, 0.1) is 6.61 Å². The van der Waals surface area contributed by atoms with E-state index in [1.54, 1.807) is 7.11 Å². The fourth-order valence-corrected chi connectivity index (χ4v) is 0.529. The Morgan fingerprint density at radius 1 is 1.38 bits per heavy atom. The van der Waals surface area contributed by atoms with Gasteiger partial charge in [-0.1, -0.05) is 12.2 Å². The molecule has 0 aromatic rings. The van der Waals surface area contributed by atoms with Gasteiger partial charge in [-0.2, -0.15) is 0 Å². The van der Waals surface area contributed by atoms with Gasteiger partial charge in [0.15, 0.2) is 0 Å². The predicted molar refractivity (Wildman–Crippen MR) is 59.0 cm³/mol. The number of hydrogen-bond donors (Lipinski definition) is 0. The van der Waals surface area contributed by atoms with E-state index in [2.05, 4.69) is 17.7 Å². The Bertz CT molecular complexity index is 102. The van der Waals surface area contributed by atoms with Crippen LogP contribution in [0.2, 0.25) is 0 Å². The SMILES string of the molecule is [CH2]C/C=C/CCOCOC.[Cl][Mg][Cl]. The molecule has 5 heteroatoms. The van der Waals surface area contributed by atoms with Crippen molar-refractivity contribution in [1.29, 1.82) is 0 Å². The molecular weight excluding hydrogens is 223 g/mol. The molecule has 0 N–H and O–H groups in total. The number of ether oxygens (including phenoxy) is 2. The van der Waals surface area contributed by atoms with Crippen LogP contribution in [0, 0.1) is 6.92 Å². The maximum absolute atomic E-state index is 5.04. The van der Waals surface area contributed by atoms with Crippen LogP contribution in [0.15, 0.2) is 12.2 Å². The Hall–Kier alpha value is 1.01. The standard InChI is InChI=1S/C8H15O2.2ClH.Mg/c1-3-4-5-6-7-10-8-9-2;;;/h4-5H,1,3,6-8H2,2H3;2*1H;/q;;;+2/p-2/b5-4+;;;. The molecular formula is C8H15Cl2MgO2. The summed E-state index contributed by atoms with van der Waals surface area (Å²) in [4.78, 5) is 0. The smallest absolute Gasteiger partial charge is 0.359 e. The zero-order valence-corrected chi connectivity index (χ0v) is 10.9. The zero-order valence-electron chi connectivity index (χ0n) is 7.97. The maximum atomic E-state index is 5.04. The maximum Gasteiger partial charge on any atom is 0.618 e. The lowest BCUT2D eigenvalue weighted by Gasteiger charge is -1.97. The van der Waals surface area contributed by atoms with E-state index < -0.39 is 18.2 Å². The van der Waals surface area contributed by atoms with Crippen molar-refractivity contribution >= 4 is 36.3 Å². The molecule has 0 bridgehead atoms. The Morgan fingerprint density at radius 2 is 2.00 bits per heavy atom. The summed E-state index contributed by atoms with van der Waals surface area (Å²) in [5.74, 6) is 0. The summed E-state index contributed by atoms with van der Waals surface area (Å²) in [5.41, 5.74) is 0. The predicted octanol–water partition coefficient (Wildman–Crippen LogP) is 2.78. The van der Waals surface area contributed by atoms with Gasteiger partial charge >= 0.3 is 18.2 Å². The zero-order chi connectivity index (χ0) is 10.4. The highest BCUT2D eigenvalue weighted by Gasteiger charge is 1.80. The van der Waals surface area contributed by atoms with Gasteiger partial charge in [0.1, 0.15) is 6.79 Å². The van der Waals surface area contributed by atoms with Crippen LogP contribution in [0.1, 0.15) is 12.8 Å². The van der Waals surface area contributed by atoms with Crippen molar-refractivity contribution in [3.05, 3.63) is 19.1 Å². The van der Waals surface area contributed by atoms with E-state index in [9.17, 15) is 0 Å². The summed E-state index contributed by atoms with van der Waals surface area (Å²) in [7, 11) is 11.4. The van der Waals surface area contributed by atoms with Crippen LogP contribution in [0.25, 0.3) is 0 Å². The van der Waals surface area contributed by atoms with E-state index in [1.165, 1.54) is 0 Å². The van der Waals surface area contributed by atoms with Crippen LogP contribution in [0.3, 0.4) is 0 Å². The molecule has 0 spiro atoms. The molecule has 0 unspecified atom stereocenters. The Labute approximate surface area is 97.8 Å². The Balaban J connectivity index is 0. The first-order chi connectivity index (χ1) is 6.33. The van der Waals surface area contributed by atoms with Gasteiger partial charge in [0, 0.05) is 7.11 Å². The summed E-state index contributed by atoms with van der Waals surface area (Å²) in [6.45, 7) is 4.78. The van der Waals surface area contributed by atoms with Crippen molar-refractivity contribution in [3.63, 3.8) is 0 Å². The highest BCUT2D eigenvalue weighted by atomic mass is 35.6. The lowest BCUT2D eigenvalue weighted by Crippen LogP contribution is -1.96. The van der Waals surface area contributed by atoms with Crippen molar-refractivity contribution < 1.29 is 9.47 Å². The average molecular weight is 238 g/mol. The molecule has 0 aliphatic rings. The van der Waals surface area contributed by atoms with Crippen LogP contribution in [0.4, 0.5) is 0 Å². The third kappa shape index (κ3) is 24.6. The molecule has 75 valence electrons. The second-order valence-electron chi connectivity index (χ2n) is 1.96. The lowest BCUT2D eigenvalue weighted by molar-refractivity contribution is -0.0285. The second kappa shape index (κ2) is 18.7. The molecule has 13 heavy (non-hydrogen) atoms. The molecule has 2 nitrogen and oxygen atoms in total. The van der Waals surface area contributed by atoms with Gasteiger partial charge in [-0.25, -0.2) is 0 Å². The van der Waals surface area contributed by atoms with Crippen molar-refractivity contribution in [3.8, 4) is 0 Å². The summed E-state index contributed by atoms with van der Waals surface area (Å²) in [6.07, 6.45) is 5.88. The van der Waals surface area contributed by atoms with E-state index in [0.29, 0.717) is 6.79 Å². The van der Waals surface area contributed by atoms with Crippen LogP contribution < -0.4 is 0 Å².